The van der Waals surface area contributed by atoms with Gasteiger partial charge in [0.15, 0.2) is 5.17 Å². The van der Waals surface area contributed by atoms with Gasteiger partial charge in [0.1, 0.15) is 5.75 Å². The molecule has 1 heterocycles. The lowest BCUT2D eigenvalue weighted by molar-refractivity contribution is -0.115. The summed E-state index contributed by atoms with van der Waals surface area (Å²) in [5.41, 5.74) is 2.38. The van der Waals surface area contributed by atoms with Crippen molar-refractivity contribution in [3.63, 3.8) is 0 Å². The van der Waals surface area contributed by atoms with E-state index >= 15 is 0 Å². The molecule has 0 aliphatic carbocycles. The Balaban J connectivity index is 1.84. The monoisotopic (exact) mass is 414 g/mol. The van der Waals surface area contributed by atoms with Gasteiger partial charge in [0.2, 0.25) is 0 Å². The van der Waals surface area contributed by atoms with Gasteiger partial charge >= 0.3 is 0 Å². The van der Waals surface area contributed by atoms with Crippen molar-refractivity contribution >= 4 is 50.5 Å². The molecule has 1 aliphatic rings. The van der Waals surface area contributed by atoms with Crippen molar-refractivity contribution in [1.82, 2.24) is 5.32 Å². The van der Waals surface area contributed by atoms with E-state index in [0.717, 1.165) is 21.3 Å². The fraction of sp³-hybridized carbons (Fsp3) is 0.0526. The van der Waals surface area contributed by atoms with Crippen LogP contribution in [-0.2, 0) is 11.2 Å². The zero-order valence-electron chi connectivity index (χ0n) is 13.2. The Kier molecular flexibility index (Phi) is 5.40. The first-order valence-corrected chi connectivity index (χ1v) is 9.14. The maximum absolute atomic E-state index is 12.2. The van der Waals surface area contributed by atoms with Gasteiger partial charge in [-0.2, -0.15) is 0 Å². The highest BCUT2D eigenvalue weighted by Gasteiger charge is 2.23. The van der Waals surface area contributed by atoms with Crippen LogP contribution in [0.1, 0.15) is 11.1 Å². The molecule has 0 spiro atoms. The summed E-state index contributed by atoms with van der Waals surface area (Å²) >= 11 is 4.69. The highest BCUT2D eigenvalue weighted by molar-refractivity contribution is 9.10. The number of aromatic hydroxyl groups is 1. The van der Waals surface area contributed by atoms with Crippen molar-refractivity contribution in [2.45, 2.75) is 6.42 Å². The molecule has 0 aromatic heterocycles. The van der Waals surface area contributed by atoms with Crippen LogP contribution in [-0.4, -0.2) is 16.2 Å². The standard InChI is InChI=1S/C19H15BrN2O2S/c1-2-4-13-9-12(7-8-16(13)23)10-17-18(24)22-19(25-17)21-15-6-3-5-14(20)11-15/h2-3,5-11,23H,1,4H2,(H,21,22,24)/b17-10-. The van der Waals surface area contributed by atoms with Gasteiger partial charge in [-0.15, -0.1) is 6.58 Å². The maximum atomic E-state index is 12.2. The number of phenols is 1. The second kappa shape index (κ2) is 7.72. The number of aliphatic imine (C=N–C) groups is 1. The van der Waals surface area contributed by atoms with Gasteiger partial charge in [0.25, 0.3) is 5.91 Å². The minimum Gasteiger partial charge on any atom is -0.508 e. The van der Waals surface area contributed by atoms with E-state index < -0.39 is 0 Å². The summed E-state index contributed by atoms with van der Waals surface area (Å²) < 4.78 is 0.929. The smallest absolute Gasteiger partial charge is 0.264 e. The fourth-order valence-corrected chi connectivity index (χ4v) is 3.54. The molecule has 2 N–H and O–H groups in total. The summed E-state index contributed by atoms with van der Waals surface area (Å²) in [5.74, 6) is 0.0413. The number of nitrogens with one attached hydrogen (secondary N) is 1. The zero-order chi connectivity index (χ0) is 17.8. The van der Waals surface area contributed by atoms with Gasteiger partial charge in [-0.1, -0.05) is 34.1 Å². The van der Waals surface area contributed by atoms with Gasteiger partial charge in [0.05, 0.1) is 10.6 Å². The number of thioether (sulfide) groups is 1. The van der Waals surface area contributed by atoms with Crippen LogP contribution in [0.2, 0.25) is 0 Å². The normalized spacial score (nSPS) is 17.1. The summed E-state index contributed by atoms with van der Waals surface area (Å²) in [7, 11) is 0. The predicted molar refractivity (Wildman–Crippen MR) is 107 cm³/mol. The highest BCUT2D eigenvalue weighted by atomic mass is 79.9. The van der Waals surface area contributed by atoms with E-state index in [4.69, 9.17) is 0 Å². The molecule has 1 amide bonds. The van der Waals surface area contributed by atoms with Crippen molar-refractivity contribution in [3.8, 4) is 5.75 Å². The minimum absolute atomic E-state index is 0.183. The number of carbonyl (C=O) groups is 1. The quantitative estimate of drug-likeness (QED) is 0.559. The number of hydrogen-bond donors (Lipinski definition) is 2. The second-order valence-electron chi connectivity index (χ2n) is 5.34. The lowest BCUT2D eigenvalue weighted by atomic mass is 10.1. The van der Waals surface area contributed by atoms with Crippen molar-refractivity contribution in [1.29, 1.82) is 0 Å². The molecule has 4 nitrogen and oxygen atoms in total. The average Bonchev–Trinajstić information content (AvgIpc) is 2.90. The molecule has 0 bridgehead atoms. The van der Waals surface area contributed by atoms with E-state index in [2.05, 4.69) is 32.8 Å². The molecule has 0 unspecified atom stereocenters. The van der Waals surface area contributed by atoms with Gasteiger partial charge in [0, 0.05) is 4.47 Å². The summed E-state index contributed by atoms with van der Waals surface area (Å²) in [4.78, 5) is 17.2. The molecule has 6 heteroatoms. The second-order valence-corrected chi connectivity index (χ2v) is 7.29. The first-order valence-electron chi connectivity index (χ1n) is 7.53. The van der Waals surface area contributed by atoms with E-state index in [-0.39, 0.29) is 11.7 Å². The molecule has 0 saturated carbocycles. The molecule has 0 radical (unpaired) electrons. The van der Waals surface area contributed by atoms with E-state index in [1.54, 1.807) is 24.3 Å². The van der Waals surface area contributed by atoms with Gasteiger partial charge in [-0.25, -0.2) is 4.99 Å². The van der Waals surface area contributed by atoms with Crippen LogP contribution in [0.4, 0.5) is 5.69 Å². The third-order valence-electron chi connectivity index (χ3n) is 3.46. The van der Waals surface area contributed by atoms with Crippen LogP contribution in [0, 0.1) is 0 Å². The van der Waals surface area contributed by atoms with Crippen LogP contribution in [0.5, 0.6) is 5.75 Å². The van der Waals surface area contributed by atoms with Crippen LogP contribution >= 0.6 is 27.7 Å². The molecule has 126 valence electrons. The number of phenolic OH excluding ortho intramolecular Hbond substituents is 1. The van der Waals surface area contributed by atoms with Crippen molar-refractivity contribution < 1.29 is 9.90 Å². The van der Waals surface area contributed by atoms with E-state index in [9.17, 15) is 9.90 Å². The van der Waals surface area contributed by atoms with Crippen LogP contribution in [0.3, 0.4) is 0 Å². The number of rotatable bonds is 4. The number of amidine groups is 1. The molecule has 25 heavy (non-hydrogen) atoms. The molecule has 1 aliphatic heterocycles. The molecular weight excluding hydrogens is 400 g/mol. The molecule has 2 aromatic rings. The van der Waals surface area contributed by atoms with Gasteiger partial charge < -0.3 is 10.4 Å². The molecule has 1 fully saturated rings. The van der Waals surface area contributed by atoms with Crippen molar-refractivity contribution in [2.75, 3.05) is 0 Å². The highest BCUT2D eigenvalue weighted by Crippen LogP contribution is 2.30. The Morgan fingerprint density at radius 1 is 1.28 bits per heavy atom. The predicted octanol–water partition coefficient (Wildman–Crippen LogP) is 4.77. The lowest BCUT2D eigenvalue weighted by Crippen LogP contribution is -2.19. The third-order valence-corrected chi connectivity index (χ3v) is 4.86. The number of nitrogens with zero attached hydrogens (tertiary/aromatic N) is 1. The molecule has 3 rings (SSSR count). The SMILES string of the molecule is C=CCc1cc(/C=C2\SC(=Nc3cccc(Br)c3)NC2=O)ccc1O. The number of carbonyl (C=O) groups excluding carboxylic acids is 1. The Hall–Kier alpha value is -2.31. The number of benzene rings is 2. The molecule has 1 saturated heterocycles. The number of hydrogen-bond acceptors (Lipinski definition) is 4. The zero-order valence-corrected chi connectivity index (χ0v) is 15.6. The number of allylic oxidation sites excluding steroid dienone is 1. The van der Waals surface area contributed by atoms with E-state index in [1.807, 2.05) is 30.3 Å². The van der Waals surface area contributed by atoms with Gasteiger partial charge in [-0.3, -0.25) is 4.79 Å². The van der Waals surface area contributed by atoms with Crippen LogP contribution in [0.25, 0.3) is 6.08 Å². The topological polar surface area (TPSA) is 61.7 Å². The Morgan fingerprint density at radius 3 is 2.88 bits per heavy atom. The number of halogens is 1. The summed E-state index contributed by atoms with van der Waals surface area (Å²) in [6, 6.07) is 12.8. The summed E-state index contributed by atoms with van der Waals surface area (Å²) in [5, 5.41) is 13.1. The Morgan fingerprint density at radius 2 is 2.12 bits per heavy atom. The first kappa shape index (κ1) is 17.5. The molecular formula is C19H15BrN2O2S. The van der Waals surface area contributed by atoms with Crippen molar-refractivity contribution in [2.24, 2.45) is 4.99 Å². The van der Waals surface area contributed by atoms with E-state index in [1.165, 1.54) is 11.8 Å². The summed E-state index contributed by atoms with van der Waals surface area (Å²) in [6.45, 7) is 3.68. The lowest BCUT2D eigenvalue weighted by Gasteiger charge is -2.03. The van der Waals surface area contributed by atoms with Crippen LogP contribution in [0.15, 0.2) is 69.5 Å². The van der Waals surface area contributed by atoms with Crippen molar-refractivity contribution in [3.05, 3.63) is 75.6 Å². The van der Waals surface area contributed by atoms with Gasteiger partial charge in [-0.05, 0) is 65.7 Å². The summed E-state index contributed by atoms with van der Waals surface area (Å²) in [6.07, 6.45) is 4.08. The molecule has 0 atom stereocenters. The molecule has 2 aromatic carbocycles. The van der Waals surface area contributed by atoms with Crippen LogP contribution < -0.4 is 5.32 Å². The fourth-order valence-electron chi connectivity index (χ4n) is 2.31. The van der Waals surface area contributed by atoms with E-state index in [0.29, 0.717) is 16.5 Å². The average molecular weight is 415 g/mol. The largest absolute Gasteiger partial charge is 0.508 e. The third kappa shape index (κ3) is 4.41. The first-order chi connectivity index (χ1) is 12.0. The maximum Gasteiger partial charge on any atom is 0.264 e. The minimum atomic E-state index is -0.183. The Labute approximate surface area is 158 Å². The number of amides is 1. The Bertz CT molecular complexity index is 906.